The van der Waals surface area contributed by atoms with Gasteiger partial charge in [0, 0.05) is 21.7 Å². The Kier molecular flexibility index (Phi) is 47.0. The minimum absolute atomic E-state index is 0. The van der Waals surface area contributed by atoms with Gasteiger partial charge in [-0.1, -0.05) is 13.8 Å². The average Bonchev–Trinajstić information content (AvgIpc) is 3.81. The van der Waals surface area contributed by atoms with Gasteiger partial charge in [-0.3, -0.25) is 14.4 Å². The zero-order valence-corrected chi connectivity index (χ0v) is 44.9. The Hall–Kier alpha value is -0.625. The van der Waals surface area contributed by atoms with Crippen LogP contribution in [0.1, 0.15) is 59.1 Å². The van der Waals surface area contributed by atoms with Crippen LogP contribution in [-0.2, 0) is 4.74 Å². The van der Waals surface area contributed by atoms with E-state index >= 15 is 0 Å². The van der Waals surface area contributed by atoms with Gasteiger partial charge in [0.1, 0.15) is 46.4 Å². The van der Waals surface area contributed by atoms with E-state index in [0.717, 1.165) is 69.9 Å². The Labute approximate surface area is 421 Å². The summed E-state index contributed by atoms with van der Waals surface area (Å²) in [5, 5.41) is 24.2. The number of aliphatic hydroxyl groups excluding tert-OH is 1. The third-order valence-corrected chi connectivity index (χ3v) is 8.59. The number of hydrogen-bond acceptors (Lipinski definition) is 8. The summed E-state index contributed by atoms with van der Waals surface area (Å²) < 4.78 is 91.5. The number of phenols is 1. The van der Waals surface area contributed by atoms with Crippen LogP contribution in [-0.4, -0.2) is 66.8 Å². The molecule has 1 aliphatic heterocycles. The summed E-state index contributed by atoms with van der Waals surface area (Å²) in [5.74, 6) is -3.17. The Bertz CT molecular complexity index is 1720. The van der Waals surface area contributed by atoms with Gasteiger partial charge >= 0.3 is 32.7 Å². The summed E-state index contributed by atoms with van der Waals surface area (Å²) in [7, 11) is 3.17. The molecule has 0 radical (unpaired) electrons. The van der Waals surface area contributed by atoms with Gasteiger partial charge in [0.2, 0.25) is 0 Å². The monoisotopic (exact) mass is 1300 g/mol. The number of methoxy groups -OCH3 is 1. The molecule has 1 heterocycles. The molecule has 0 saturated carbocycles. The van der Waals surface area contributed by atoms with Crippen LogP contribution in [0.25, 0.3) is 0 Å². The van der Waals surface area contributed by atoms with E-state index < -0.39 is 34.9 Å². The number of benzene rings is 4. The molecule has 59 heavy (non-hydrogen) atoms. The molecule has 0 spiro atoms. The van der Waals surface area contributed by atoms with Crippen molar-refractivity contribution in [2.24, 2.45) is 0 Å². The Morgan fingerprint density at radius 1 is 0.695 bits per heavy atom. The number of phenolic OH excluding ortho intramolecular Hbond substituents is 1. The zero-order valence-electron chi connectivity index (χ0n) is 32.8. The number of aliphatic hydroxyl groups is 1. The first-order valence-corrected chi connectivity index (χ1v) is 21.2. The molecule has 5 rings (SSSR count). The number of carbonyl (C=O) groups is 3. The first-order chi connectivity index (χ1) is 27.9. The normalized spacial score (nSPS) is 10.1. The molecule has 23 heteroatoms. The van der Waals surface area contributed by atoms with Crippen molar-refractivity contribution in [1.29, 1.82) is 0 Å². The van der Waals surface area contributed by atoms with Crippen molar-refractivity contribution in [3.05, 3.63) is 124 Å². The predicted molar refractivity (Wildman–Crippen MR) is 239 cm³/mol. The van der Waals surface area contributed by atoms with Gasteiger partial charge in [-0.15, -0.1) is 47.3 Å². The number of aromatic hydroxyl groups is 1. The molecule has 4 aromatic carbocycles. The summed E-state index contributed by atoms with van der Waals surface area (Å²) in [4.78, 5) is 30.9. The van der Waals surface area contributed by atoms with Crippen molar-refractivity contribution in [2.75, 3.05) is 34.5 Å². The fraction of sp³-hybridized carbons (Fsp3) is 0.250. The van der Waals surface area contributed by atoms with Crippen molar-refractivity contribution in [3.63, 3.8) is 0 Å². The number of hydrogen-bond donors (Lipinski definition) is 2. The molecule has 0 aromatic heterocycles. The third-order valence-electron chi connectivity index (χ3n) is 5.56. The molecule has 0 bridgehead atoms. The van der Waals surface area contributed by atoms with Crippen LogP contribution >= 0.6 is 111 Å². The molecule has 2 N–H and O–H groups in total. The maximum Gasteiger partial charge on any atom is 1.00 e. The van der Waals surface area contributed by atoms with Crippen LogP contribution in [0, 0.1) is 34.9 Å². The minimum atomic E-state index is -0.728. The molecular formula is C36H37BBr7F6NaO8. The van der Waals surface area contributed by atoms with Crippen molar-refractivity contribution in [2.45, 2.75) is 26.7 Å². The second-order valence-corrected chi connectivity index (χ2v) is 18.7. The Balaban J connectivity index is -0.000000200. The summed E-state index contributed by atoms with van der Waals surface area (Å²) in [6.07, 6.45) is 3.76. The smallest absolute Gasteiger partial charge is 0.857 e. The standard InChI is InChI=1S/C8H6BrFO2.C7H3BrF2O.C7H4BrFO2.C6H3BrF2.C4H8O.C2H6.CH4O.CH3O.BBr3.Na/c1-12-7-3-2-6(10)8(9)5(7)4-11;8-7-4(3-11)5(9)1-2-6(7)10;8-7-4(3-10)6(11)2-1-5(7)9;7-5-3-4(8)1-2-6(5)9;1-2-4-5-3-1;3*1-2;2-1(3)4;/h2-4H,1H3;1-3H;1-3,11H;1-3H;1-4H2;1-2H3;2H,1H3;1H3;;/q;;;;;;;-1;;+1/i;;;;;1D;;;;. The van der Waals surface area contributed by atoms with Crippen LogP contribution in [0.2, 0.25) is 0 Å². The minimum Gasteiger partial charge on any atom is -0.857 e. The van der Waals surface area contributed by atoms with Gasteiger partial charge < -0.3 is 24.8 Å². The Morgan fingerprint density at radius 3 is 1.37 bits per heavy atom. The van der Waals surface area contributed by atoms with Gasteiger partial charge in [-0.2, -0.15) is 7.11 Å². The molecule has 0 amide bonds. The zero-order chi connectivity index (χ0) is 46.7. The van der Waals surface area contributed by atoms with E-state index in [4.69, 9.17) is 26.2 Å². The predicted octanol–water partition coefficient (Wildman–Crippen LogP) is 9.35. The van der Waals surface area contributed by atoms with E-state index in [1.54, 1.807) is 6.92 Å². The van der Waals surface area contributed by atoms with Crippen molar-refractivity contribution in [3.8, 4) is 11.5 Å². The largest absolute Gasteiger partial charge is 1.00 e. The van der Waals surface area contributed by atoms with Gasteiger partial charge in [0.25, 0.3) is 0 Å². The molecule has 4 aromatic rings. The summed E-state index contributed by atoms with van der Waals surface area (Å²) >= 11 is 20.7. The van der Waals surface area contributed by atoms with Crippen LogP contribution < -0.4 is 39.4 Å². The summed E-state index contributed by atoms with van der Waals surface area (Å²) in [5.41, 5.74) is -0.160. The number of aldehydes is 3. The molecule has 8 nitrogen and oxygen atoms in total. The van der Waals surface area contributed by atoms with E-state index in [1.165, 1.54) is 32.1 Å². The fourth-order valence-corrected chi connectivity index (χ4v) is 4.75. The second-order valence-electron chi connectivity index (χ2n) is 9.01. The molecular weight excluding hydrogens is 1270 g/mol. The Morgan fingerprint density at radius 2 is 1.05 bits per heavy atom. The van der Waals surface area contributed by atoms with Crippen LogP contribution in [0.4, 0.5) is 26.3 Å². The molecule has 0 unspecified atom stereocenters. The quantitative estimate of drug-likeness (QED) is 0.0895. The van der Waals surface area contributed by atoms with E-state index in [-0.39, 0.29) is 79.4 Å². The molecule has 0 atom stereocenters. The van der Waals surface area contributed by atoms with Gasteiger partial charge in [-0.25, -0.2) is 26.3 Å². The first-order valence-electron chi connectivity index (χ1n) is 16.0. The fourth-order valence-electron chi connectivity index (χ4n) is 3.14. The third kappa shape index (κ3) is 30.2. The van der Waals surface area contributed by atoms with Gasteiger partial charge in [0.15, 0.2) is 18.9 Å². The van der Waals surface area contributed by atoms with Crippen LogP contribution in [0.15, 0.2) is 72.5 Å². The molecule has 324 valence electrons. The maximum atomic E-state index is 12.8. The number of carbonyl (C=O) groups excluding carboxylic acids is 3. The van der Waals surface area contributed by atoms with Crippen molar-refractivity contribution >= 4 is 133 Å². The topological polar surface area (TPSA) is 133 Å². The summed E-state index contributed by atoms with van der Waals surface area (Å²) in [6.45, 7) is 4.29. The van der Waals surface area contributed by atoms with E-state index in [1.807, 2.05) is 0 Å². The number of rotatable bonds is 4. The van der Waals surface area contributed by atoms with E-state index in [0.29, 0.717) is 25.2 Å². The molecule has 0 aliphatic carbocycles. The van der Waals surface area contributed by atoms with E-state index in [2.05, 4.69) is 111 Å². The average molecular weight is 1310 g/mol. The maximum absolute atomic E-state index is 12.8. The van der Waals surface area contributed by atoms with E-state index in [9.17, 15) is 40.7 Å². The number of halogens is 13. The summed E-state index contributed by atoms with van der Waals surface area (Å²) in [6, 6.07) is 9.92. The van der Waals surface area contributed by atoms with Crippen LogP contribution in [0.3, 0.4) is 0 Å². The molecule has 1 fully saturated rings. The second kappa shape index (κ2) is 42.7. The van der Waals surface area contributed by atoms with Crippen LogP contribution in [0.5, 0.6) is 11.5 Å². The molecule has 1 aliphatic rings. The molecule has 1 saturated heterocycles. The SMILES string of the molecule is BrB(Br)Br.C1CCOC1.CO.COc1ccc(F)c(Br)c1C=O.C[O-].Fc1ccc(F)c(Br)c1.O=Cc1c(F)ccc(F)c1Br.O=Cc1c(O)ccc(F)c1Br.[2H]CC.[Na+]. The number of ether oxygens (including phenoxy) is 2. The van der Waals surface area contributed by atoms with Crippen molar-refractivity contribution in [1.82, 2.24) is 0 Å². The first kappa shape index (κ1) is 65.0. The van der Waals surface area contributed by atoms with Gasteiger partial charge in [0.05, 0.1) is 41.7 Å². The van der Waals surface area contributed by atoms with Gasteiger partial charge in [-0.05, 0) is 131 Å². The van der Waals surface area contributed by atoms with Crippen molar-refractivity contribution < 1.29 is 96.4 Å².